The Bertz CT molecular complexity index is 780. The summed E-state index contributed by atoms with van der Waals surface area (Å²) in [7, 11) is 0. The number of hydrogen-bond acceptors (Lipinski definition) is 4. The molecule has 2 aliphatic carbocycles. The van der Waals surface area contributed by atoms with Crippen LogP contribution in [-0.4, -0.2) is 52.6 Å². The van der Waals surface area contributed by atoms with Crippen LogP contribution < -0.4 is 0 Å². The highest BCUT2D eigenvalue weighted by atomic mass is 16.5. The lowest BCUT2D eigenvalue weighted by atomic mass is 10.0. The fourth-order valence-electron chi connectivity index (χ4n) is 4.08. The zero-order valence-electron chi connectivity index (χ0n) is 15.0. The van der Waals surface area contributed by atoms with Crippen LogP contribution in [0.15, 0.2) is 40.9 Å². The van der Waals surface area contributed by atoms with Crippen LogP contribution in [0.1, 0.15) is 53.4 Å². The van der Waals surface area contributed by atoms with Gasteiger partial charge in [0.1, 0.15) is 5.76 Å². The largest absolute Gasteiger partial charge is 0.360 e. The Labute approximate surface area is 153 Å². The van der Waals surface area contributed by atoms with E-state index >= 15 is 0 Å². The Morgan fingerprint density at radius 1 is 1.12 bits per heavy atom. The van der Waals surface area contributed by atoms with Crippen molar-refractivity contribution in [2.75, 3.05) is 19.6 Å². The predicted molar refractivity (Wildman–Crippen MR) is 98.0 cm³/mol. The molecule has 5 rings (SSSR count). The van der Waals surface area contributed by atoms with E-state index in [4.69, 9.17) is 4.52 Å². The highest BCUT2D eigenvalue weighted by Crippen LogP contribution is 2.40. The topological polar surface area (TPSA) is 49.6 Å². The van der Waals surface area contributed by atoms with Gasteiger partial charge in [0.15, 0.2) is 5.69 Å². The summed E-state index contributed by atoms with van der Waals surface area (Å²) in [6, 6.07) is 13.3. The highest BCUT2D eigenvalue weighted by molar-refractivity contribution is 5.92. The van der Waals surface area contributed by atoms with Gasteiger partial charge in [0.2, 0.25) is 0 Å². The molecule has 1 unspecified atom stereocenters. The van der Waals surface area contributed by atoms with Crippen molar-refractivity contribution < 1.29 is 9.32 Å². The van der Waals surface area contributed by atoms with E-state index < -0.39 is 0 Å². The molecule has 5 nitrogen and oxygen atoms in total. The molecule has 0 bridgehead atoms. The fraction of sp³-hybridized carbons (Fsp3) is 0.524. The van der Waals surface area contributed by atoms with Crippen molar-refractivity contribution in [3.8, 4) is 0 Å². The summed E-state index contributed by atoms with van der Waals surface area (Å²) in [6.07, 6.45) is 5.81. The molecule has 3 aliphatic rings. The number of carbonyl (C=O) groups is 1. The zero-order valence-corrected chi connectivity index (χ0v) is 15.0. The van der Waals surface area contributed by atoms with E-state index in [0.717, 1.165) is 50.7 Å². The van der Waals surface area contributed by atoms with Gasteiger partial charge < -0.3 is 9.42 Å². The van der Waals surface area contributed by atoms with Crippen LogP contribution >= 0.6 is 0 Å². The maximum Gasteiger partial charge on any atom is 0.276 e. The van der Waals surface area contributed by atoms with Gasteiger partial charge in [0.25, 0.3) is 5.91 Å². The minimum atomic E-state index is 0.0250. The molecule has 0 radical (unpaired) electrons. The van der Waals surface area contributed by atoms with Crippen molar-refractivity contribution in [3.63, 3.8) is 0 Å². The Morgan fingerprint density at radius 3 is 2.65 bits per heavy atom. The summed E-state index contributed by atoms with van der Waals surface area (Å²) >= 11 is 0. The molecule has 0 spiro atoms. The van der Waals surface area contributed by atoms with Crippen molar-refractivity contribution in [2.24, 2.45) is 0 Å². The van der Waals surface area contributed by atoms with Crippen LogP contribution in [0.2, 0.25) is 0 Å². The quantitative estimate of drug-likeness (QED) is 0.831. The molecule has 136 valence electrons. The third-order valence-electron chi connectivity index (χ3n) is 5.88. The molecular weight excluding hydrogens is 326 g/mol. The summed E-state index contributed by atoms with van der Waals surface area (Å²) in [6.45, 7) is 2.70. The molecule has 1 saturated heterocycles. The van der Waals surface area contributed by atoms with E-state index in [-0.39, 0.29) is 11.9 Å². The molecule has 26 heavy (non-hydrogen) atoms. The summed E-state index contributed by atoms with van der Waals surface area (Å²) in [5.74, 6) is 1.39. The van der Waals surface area contributed by atoms with Crippen LogP contribution in [0.5, 0.6) is 0 Å². The predicted octanol–water partition coefficient (Wildman–Crippen LogP) is 3.08. The van der Waals surface area contributed by atoms with Crippen molar-refractivity contribution in [1.82, 2.24) is 15.0 Å². The van der Waals surface area contributed by atoms with E-state index in [2.05, 4.69) is 34.3 Å². The smallest absolute Gasteiger partial charge is 0.276 e. The molecule has 5 heteroatoms. The SMILES string of the molecule is O=C(c1cc(C2CC2)on1)N1CCN(C2CC2)CC1Cc1ccccc1. The second-order valence-corrected chi connectivity index (χ2v) is 7.96. The molecule has 3 fully saturated rings. The van der Waals surface area contributed by atoms with Gasteiger partial charge in [0, 0.05) is 43.7 Å². The summed E-state index contributed by atoms with van der Waals surface area (Å²) in [5.41, 5.74) is 1.76. The first-order valence-corrected chi connectivity index (χ1v) is 9.83. The van der Waals surface area contributed by atoms with E-state index in [1.165, 1.54) is 18.4 Å². The minimum absolute atomic E-state index is 0.0250. The van der Waals surface area contributed by atoms with Crippen LogP contribution in [0.3, 0.4) is 0 Å². The maximum atomic E-state index is 13.1. The number of piperazine rings is 1. The van der Waals surface area contributed by atoms with Gasteiger partial charge in [-0.15, -0.1) is 0 Å². The van der Waals surface area contributed by atoms with Gasteiger partial charge >= 0.3 is 0 Å². The average molecular weight is 351 g/mol. The van der Waals surface area contributed by atoms with Gasteiger partial charge in [-0.2, -0.15) is 0 Å². The minimum Gasteiger partial charge on any atom is -0.360 e. The highest BCUT2D eigenvalue weighted by Gasteiger charge is 2.38. The summed E-state index contributed by atoms with van der Waals surface area (Å²) in [5, 5.41) is 4.08. The zero-order chi connectivity index (χ0) is 17.5. The summed E-state index contributed by atoms with van der Waals surface area (Å²) in [4.78, 5) is 17.7. The Morgan fingerprint density at radius 2 is 1.92 bits per heavy atom. The second kappa shape index (κ2) is 6.54. The molecule has 2 aromatic rings. The monoisotopic (exact) mass is 351 g/mol. The van der Waals surface area contributed by atoms with Gasteiger partial charge in [-0.05, 0) is 37.7 Å². The van der Waals surface area contributed by atoms with E-state index in [0.29, 0.717) is 11.6 Å². The van der Waals surface area contributed by atoms with Crippen LogP contribution in [0.4, 0.5) is 0 Å². The molecule has 1 aromatic heterocycles. The van der Waals surface area contributed by atoms with Gasteiger partial charge in [-0.25, -0.2) is 0 Å². The number of rotatable bonds is 5. The number of nitrogens with zero attached hydrogens (tertiary/aromatic N) is 3. The third-order valence-corrected chi connectivity index (χ3v) is 5.88. The molecule has 1 atom stereocenters. The lowest BCUT2D eigenvalue weighted by Crippen LogP contribution is -2.56. The molecule has 2 heterocycles. The maximum absolute atomic E-state index is 13.1. The number of hydrogen-bond donors (Lipinski definition) is 0. The normalized spacial score (nSPS) is 24.0. The first-order valence-electron chi connectivity index (χ1n) is 9.83. The number of amides is 1. The van der Waals surface area contributed by atoms with Gasteiger partial charge in [0.05, 0.1) is 0 Å². The van der Waals surface area contributed by atoms with Crippen molar-refractivity contribution in [2.45, 2.75) is 50.1 Å². The van der Waals surface area contributed by atoms with Crippen LogP contribution in [0, 0.1) is 0 Å². The lowest BCUT2D eigenvalue weighted by molar-refractivity contribution is 0.0428. The molecule has 0 N–H and O–H groups in total. The molecule has 1 aromatic carbocycles. The Kier molecular flexibility index (Phi) is 4.04. The standard InChI is InChI=1S/C21H25N3O2/c25-21(19-13-20(26-22-19)16-6-7-16)24-11-10-23(17-8-9-17)14-18(24)12-15-4-2-1-3-5-15/h1-5,13,16-18H,6-12,14H2. The van der Waals surface area contributed by atoms with Crippen molar-refractivity contribution >= 4 is 5.91 Å². The molecule has 1 amide bonds. The van der Waals surface area contributed by atoms with Crippen molar-refractivity contribution in [1.29, 1.82) is 0 Å². The van der Waals surface area contributed by atoms with Crippen LogP contribution in [-0.2, 0) is 6.42 Å². The Hall–Kier alpha value is -2.14. The first-order chi connectivity index (χ1) is 12.8. The third kappa shape index (κ3) is 3.28. The second-order valence-electron chi connectivity index (χ2n) is 7.96. The van der Waals surface area contributed by atoms with Crippen molar-refractivity contribution in [3.05, 3.63) is 53.4 Å². The molecular formula is C21H25N3O2. The number of carbonyl (C=O) groups excluding carboxylic acids is 1. The van der Waals surface area contributed by atoms with E-state index in [1.807, 2.05) is 17.0 Å². The number of aromatic nitrogens is 1. The number of benzene rings is 1. The average Bonchev–Trinajstić information content (AvgIpc) is 3.60. The van der Waals surface area contributed by atoms with Crippen LogP contribution in [0.25, 0.3) is 0 Å². The van der Waals surface area contributed by atoms with Gasteiger partial charge in [-0.3, -0.25) is 9.69 Å². The van der Waals surface area contributed by atoms with E-state index in [9.17, 15) is 4.79 Å². The lowest BCUT2D eigenvalue weighted by Gasteiger charge is -2.41. The fourth-order valence-corrected chi connectivity index (χ4v) is 4.08. The Balaban J connectivity index is 1.35. The summed E-state index contributed by atoms with van der Waals surface area (Å²) < 4.78 is 5.42. The van der Waals surface area contributed by atoms with Gasteiger partial charge in [-0.1, -0.05) is 35.5 Å². The first kappa shape index (κ1) is 16.1. The van der Waals surface area contributed by atoms with E-state index in [1.54, 1.807) is 0 Å². The molecule has 1 aliphatic heterocycles. The molecule has 2 saturated carbocycles.